The lowest BCUT2D eigenvalue weighted by Crippen LogP contribution is -2.47. The lowest BCUT2D eigenvalue weighted by Gasteiger charge is -2.33. The first-order valence-electron chi connectivity index (χ1n) is 13.3. The molecule has 1 aliphatic rings. The maximum atomic E-state index is 14.3. The fourth-order valence-electron chi connectivity index (χ4n) is 5.05. The molecule has 2 heterocycles. The van der Waals surface area contributed by atoms with Crippen molar-refractivity contribution >= 4 is 28.5 Å². The molecule has 10 heteroatoms. The van der Waals surface area contributed by atoms with E-state index in [0.717, 1.165) is 23.9 Å². The predicted octanol–water partition coefficient (Wildman–Crippen LogP) is 3.83. The molecule has 40 heavy (non-hydrogen) atoms. The summed E-state index contributed by atoms with van der Waals surface area (Å²) in [4.78, 5) is 29.9. The number of aryl methyl sites for hydroxylation is 1. The Bertz CT molecular complexity index is 1500. The SMILES string of the molecule is COc1ccc([C@@H](C(=O)NC[C@H]2CCCO2)N(C(=O)Cn2nnc3ccccc32)c2ccccc2C)c(OC)c1. The summed E-state index contributed by atoms with van der Waals surface area (Å²) >= 11 is 0. The average Bonchev–Trinajstić information content (AvgIpc) is 3.65. The van der Waals surface area contributed by atoms with Gasteiger partial charge in [-0.25, -0.2) is 4.68 Å². The number of hydrogen-bond donors (Lipinski definition) is 1. The molecule has 0 aliphatic carbocycles. The first-order chi connectivity index (χ1) is 19.5. The fourth-order valence-corrected chi connectivity index (χ4v) is 5.05. The predicted molar refractivity (Wildman–Crippen MR) is 150 cm³/mol. The summed E-state index contributed by atoms with van der Waals surface area (Å²) in [5, 5.41) is 11.4. The van der Waals surface area contributed by atoms with Crippen molar-refractivity contribution in [3.63, 3.8) is 0 Å². The highest BCUT2D eigenvalue weighted by molar-refractivity contribution is 6.02. The number of para-hydroxylation sites is 2. The van der Waals surface area contributed by atoms with E-state index in [4.69, 9.17) is 14.2 Å². The second kappa shape index (κ2) is 12.2. The highest BCUT2D eigenvalue weighted by Gasteiger charge is 2.36. The zero-order valence-electron chi connectivity index (χ0n) is 22.9. The number of hydrogen-bond acceptors (Lipinski definition) is 7. The van der Waals surface area contributed by atoms with Gasteiger partial charge in [0, 0.05) is 30.5 Å². The number of nitrogens with zero attached hydrogens (tertiary/aromatic N) is 4. The number of rotatable bonds is 10. The van der Waals surface area contributed by atoms with Crippen LogP contribution in [0, 0.1) is 6.92 Å². The summed E-state index contributed by atoms with van der Waals surface area (Å²) in [6, 6.07) is 19.1. The smallest absolute Gasteiger partial charge is 0.249 e. The molecule has 0 saturated carbocycles. The Morgan fingerprint density at radius 1 is 1.10 bits per heavy atom. The van der Waals surface area contributed by atoms with Gasteiger partial charge in [0.05, 0.1) is 25.8 Å². The second-order valence-corrected chi connectivity index (χ2v) is 9.68. The summed E-state index contributed by atoms with van der Waals surface area (Å²) in [5.74, 6) is 0.315. The first kappa shape index (κ1) is 27.1. The van der Waals surface area contributed by atoms with E-state index in [9.17, 15) is 9.59 Å². The summed E-state index contributed by atoms with van der Waals surface area (Å²) in [7, 11) is 3.09. The van der Waals surface area contributed by atoms with Crippen LogP contribution in [0.2, 0.25) is 0 Å². The van der Waals surface area contributed by atoms with Gasteiger partial charge in [-0.05, 0) is 55.7 Å². The number of carbonyl (C=O) groups is 2. The van der Waals surface area contributed by atoms with E-state index < -0.39 is 6.04 Å². The molecule has 2 atom stereocenters. The number of ether oxygens (including phenoxy) is 3. The van der Waals surface area contributed by atoms with Crippen molar-refractivity contribution in [1.29, 1.82) is 0 Å². The van der Waals surface area contributed by atoms with Crippen molar-refractivity contribution in [2.45, 2.75) is 38.5 Å². The number of aromatic nitrogens is 3. The number of anilines is 1. The number of amides is 2. The van der Waals surface area contributed by atoms with Crippen LogP contribution in [0.15, 0.2) is 66.7 Å². The van der Waals surface area contributed by atoms with Gasteiger partial charge in [-0.3, -0.25) is 14.5 Å². The monoisotopic (exact) mass is 543 g/mol. The highest BCUT2D eigenvalue weighted by Crippen LogP contribution is 2.37. The molecule has 0 spiro atoms. The average molecular weight is 544 g/mol. The summed E-state index contributed by atoms with van der Waals surface area (Å²) < 4.78 is 18.4. The van der Waals surface area contributed by atoms with Crippen molar-refractivity contribution in [3.8, 4) is 11.5 Å². The van der Waals surface area contributed by atoms with Gasteiger partial charge in [0.1, 0.15) is 29.6 Å². The molecule has 0 radical (unpaired) electrons. The van der Waals surface area contributed by atoms with Crippen molar-refractivity contribution in [2.24, 2.45) is 0 Å². The number of benzene rings is 3. The topological polar surface area (TPSA) is 108 Å². The molecule has 3 aromatic carbocycles. The highest BCUT2D eigenvalue weighted by atomic mass is 16.5. The summed E-state index contributed by atoms with van der Waals surface area (Å²) in [5.41, 5.74) is 3.37. The quantitative estimate of drug-likeness (QED) is 0.324. The van der Waals surface area contributed by atoms with Crippen LogP contribution in [-0.4, -0.2) is 60.3 Å². The van der Waals surface area contributed by atoms with E-state index in [1.807, 2.05) is 55.5 Å². The van der Waals surface area contributed by atoms with Gasteiger partial charge in [0.2, 0.25) is 11.8 Å². The molecule has 1 N–H and O–H groups in total. The van der Waals surface area contributed by atoms with E-state index in [1.54, 1.807) is 30.0 Å². The summed E-state index contributed by atoms with van der Waals surface area (Å²) in [6.45, 7) is 2.81. The molecular formula is C30H33N5O5. The zero-order chi connectivity index (χ0) is 28.1. The Morgan fingerprint density at radius 2 is 1.90 bits per heavy atom. The Labute approximate surface area is 232 Å². The molecule has 1 aromatic heterocycles. The molecule has 1 saturated heterocycles. The van der Waals surface area contributed by atoms with Crippen LogP contribution in [0.5, 0.6) is 11.5 Å². The van der Waals surface area contributed by atoms with Crippen molar-refractivity contribution < 1.29 is 23.8 Å². The van der Waals surface area contributed by atoms with Crippen molar-refractivity contribution in [2.75, 3.05) is 32.3 Å². The van der Waals surface area contributed by atoms with E-state index >= 15 is 0 Å². The van der Waals surface area contributed by atoms with Gasteiger partial charge in [0.15, 0.2) is 0 Å². The van der Waals surface area contributed by atoms with Gasteiger partial charge >= 0.3 is 0 Å². The zero-order valence-corrected chi connectivity index (χ0v) is 22.9. The van der Waals surface area contributed by atoms with Crippen LogP contribution in [0.3, 0.4) is 0 Å². The third-order valence-electron chi connectivity index (χ3n) is 7.12. The normalized spacial score (nSPS) is 15.5. The van der Waals surface area contributed by atoms with E-state index in [2.05, 4.69) is 15.6 Å². The Morgan fingerprint density at radius 3 is 2.65 bits per heavy atom. The molecule has 2 amide bonds. The van der Waals surface area contributed by atoms with Gasteiger partial charge in [-0.2, -0.15) is 0 Å². The number of carbonyl (C=O) groups excluding carboxylic acids is 2. The Hall–Kier alpha value is -4.44. The number of methoxy groups -OCH3 is 2. The van der Waals surface area contributed by atoms with Gasteiger partial charge in [-0.15, -0.1) is 5.10 Å². The van der Waals surface area contributed by atoms with E-state index in [1.165, 1.54) is 12.0 Å². The van der Waals surface area contributed by atoms with Crippen LogP contribution in [-0.2, 0) is 20.9 Å². The molecule has 1 fully saturated rings. The summed E-state index contributed by atoms with van der Waals surface area (Å²) in [6.07, 6.45) is 1.76. The first-order valence-corrected chi connectivity index (χ1v) is 13.3. The maximum Gasteiger partial charge on any atom is 0.249 e. The van der Waals surface area contributed by atoms with Crippen LogP contribution >= 0.6 is 0 Å². The standard InChI is InChI=1S/C30H33N5O5/c1-20-9-4-6-12-25(20)35(28(36)19-34-26-13-7-5-11-24(26)32-33-34)29(30(37)31-18-22-10-8-16-40-22)23-15-14-21(38-2)17-27(23)39-3/h4-7,9,11-15,17,22,29H,8,10,16,18-19H2,1-3H3,(H,31,37)/t22-,29+/m1/s1. The van der Waals surface area contributed by atoms with Crippen LogP contribution < -0.4 is 19.7 Å². The molecule has 4 aromatic rings. The van der Waals surface area contributed by atoms with Crippen LogP contribution in [0.4, 0.5) is 5.69 Å². The largest absolute Gasteiger partial charge is 0.497 e. The fraction of sp³-hybridized carbons (Fsp3) is 0.333. The van der Waals surface area contributed by atoms with Gasteiger partial charge < -0.3 is 19.5 Å². The van der Waals surface area contributed by atoms with E-state index in [-0.39, 0.29) is 24.5 Å². The molecule has 0 unspecified atom stereocenters. The lowest BCUT2D eigenvalue weighted by molar-refractivity contribution is -0.127. The minimum Gasteiger partial charge on any atom is -0.497 e. The maximum absolute atomic E-state index is 14.3. The molecule has 5 rings (SSSR count). The number of fused-ring (bicyclic) bond motifs is 1. The Kier molecular flexibility index (Phi) is 8.26. The van der Waals surface area contributed by atoms with Crippen LogP contribution in [0.1, 0.15) is 30.0 Å². The minimum absolute atomic E-state index is 0.0634. The second-order valence-electron chi connectivity index (χ2n) is 9.68. The van der Waals surface area contributed by atoms with Crippen LogP contribution in [0.25, 0.3) is 11.0 Å². The Balaban J connectivity index is 1.60. The lowest BCUT2D eigenvalue weighted by atomic mass is 10.00. The van der Waals surface area contributed by atoms with Crippen molar-refractivity contribution in [1.82, 2.24) is 20.3 Å². The van der Waals surface area contributed by atoms with Gasteiger partial charge in [-0.1, -0.05) is 35.5 Å². The third kappa shape index (κ3) is 5.62. The van der Waals surface area contributed by atoms with Gasteiger partial charge in [0.25, 0.3) is 0 Å². The molecular weight excluding hydrogens is 510 g/mol. The molecule has 1 aliphatic heterocycles. The molecule has 10 nitrogen and oxygen atoms in total. The van der Waals surface area contributed by atoms with E-state index in [0.29, 0.717) is 41.4 Å². The molecule has 0 bridgehead atoms. The van der Waals surface area contributed by atoms with Crippen molar-refractivity contribution in [3.05, 3.63) is 77.9 Å². The molecule has 208 valence electrons. The third-order valence-corrected chi connectivity index (χ3v) is 7.12. The minimum atomic E-state index is -1.05. The number of nitrogens with one attached hydrogen (secondary N) is 1.